The third-order valence-corrected chi connectivity index (χ3v) is 5.92. The number of hydrogen-bond donors (Lipinski definition) is 1. The standard InChI is InChI=1S/C23H22FN3O/c24-20-7-5-17(6-8-20)19-11-22(25-12-19)23(28)27-14-21(15-27)26-10-9-16-3-1-2-4-18(16)13-26/h1-8,11-12,21,25H,9-10,13-15H2. The van der Waals surface area contributed by atoms with Gasteiger partial charge in [0.2, 0.25) is 0 Å². The molecule has 28 heavy (non-hydrogen) atoms. The highest BCUT2D eigenvalue weighted by Crippen LogP contribution is 2.26. The number of likely N-dealkylation sites (tertiary alicyclic amines) is 1. The summed E-state index contributed by atoms with van der Waals surface area (Å²) in [6.07, 6.45) is 2.89. The molecule has 0 unspecified atom stereocenters. The molecule has 0 spiro atoms. The van der Waals surface area contributed by atoms with Crippen LogP contribution >= 0.6 is 0 Å². The molecule has 3 aromatic rings. The Hall–Kier alpha value is -2.92. The molecule has 0 bridgehead atoms. The van der Waals surface area contributed by atoms with Crippen molar-refractivity contribution in [2.45, 2.75) is 19.0 Å². The van der Waals surface area contributed by atoms with Gasteiger partial charge in [-0.05, 0) is 46.9 Å². The van der Waals surface area contributed by atoms with E-state index in [1.54, 1.807) is 18.3 Å². The quantitative estimate of drug-likeness (QED) is 0.758. The number of fused-ring (bicyclic) bond motifs is 1. The second-order valence-electron chi connectivity index (χ2n) is 7.66. The molecular weight excluding hydrogens is 353 g/mol. The predicted octanol–water partition coefficient (Wildman–Crippen LogP) is 3.70. The summed E-state index contributed by atoms with van der Waals surface area (Å²) in [6.45, 7) is 3.57. The van der Waals surface area contributed by atoms with Crippen LogP contribution in [0.15, 0.2) is 60.8 Å². The number of amides is 1. The van der Waals surface area contributed by atoms with Gasteiger partial charge in [-0.3, -0.25) is 9.69 Å². The summed E-state index contributed by atoms with van der Waals surface area (Å²) in [4.78, 5) is 20.2. The van der Waals surface area contributed by atoms with Crippen molar-refractivity contribution < 1.29 is 9.18 Å². The number of H-pyrrole nitrogens is 1. The van der Waals surface area contributed by atoms with Crippen LogP contribution in [-0.4, -0.2) is 46.4 Å². The molecule has 4 nitrogen and oxygen atoms in total. The number of halogens is 1. The number of rotatable bonds is 3. The minimum atomic E-state index is -0.262. The van der Waals surface area contributed by atoms with Crippen LogP contribution in [0.4, 0.5) is 4.39 Å². The van der Waals surface area contributed by atoms with Gasteiger partial charge in [-0.1, -0.05) is 36.4 Å². The third kappa shape index (κ3) is 3.12. The molecule has 0 radical (unpaired) electrons. The highest BCUT2D eigenvalue weighted by molar-refractivity contribution is 5.94. The first-order valence-electron chi connectivity index (χ1n) is 9.72. The predicted molar refractivity (Wildman–Crippen MR) is 106 cm³/mol. The number of nitrogens with zero attached hydrogens (tertiary/aromatic N) is 2. The van der Waals surface area contributed by atoms with Crippen LogP contribution in [0.2, 0.25) is 0 Å². The number of carbonyl (C=O) groups is 1. The van der Waals surface area contributed by atoms with Gasteiger partial charge in [-0.2, -0.15) is 0 Å². The number of hydrogen-bond acceptors (Lipinski definition) is 2. The molecular formula is C23H22FN3O. The van der Waals surface area contributed by atoms with Crippen LogP contribution in [0.25, 0.3) is 11.1 Å². The number of benzene rings is 2. The molecule has 1 saturated heterocycles. The normalized spacial score (nSPS) is 17.2. The Morgan fingerprint density at radius 3 is 2.54 bits per heavy atom. The second-order valence-corrected chi connectivity index (χ2v) is 7.66. The average molecular weight is 375 g/mol. The molecule has 142 valence electrons. The maximum atomic E-state index is 13.1. The van der Waals surface area contributed by atoms with E-state index in [-0.39, 0.29) is 11.7 Å². The van der Waals surface area contributed by atoms with Gasteiger partial charge in [-0.25, -0.2) is 4.39 Å². The Morgan fingerprint density at radius 1 is 1.00 bits per heavy atom. The van der Waals surface area contributed by atoms with Crippen LogP contribution in [0, 0.1) is 5.82 Å². The van der Waals surface area contributed by atoms with E-state index < -0.39 is 0 Å². The van der Waals surface area contributed by atoms with Crippen LogP contribution in [0.3, 0.4) is 0 Å². The zero-order chi connectivity index (χ0) is 19.1. The minimum Gasteiger partial charge on any atom is -0.357 e. The van der Waals surface area contributed by atoms with E-state index in [2.05, 4.69) is 34.1 Å². The summed E-state index contributed by atoms with van der Waals surface area (Å²) in [7, 11) is 0. The zero-order valence-electron chi connectivity index (χ0n) is 15.6. The van der Waals surface area contributed by atoms with Gasteiger partial charge in [0.05, 0.1) is 0 Å². The molecule has 0 aliphatic carbocycles. The third-order valence-electron chi connectivity index (χ3n) is 5.92. The molecule has 5 heteroatoms. The van der Waals surface area contributed by atoms with Crippen molar-refractivity contribution in [1.29, 1.82) is 0 Å². The Bertz CT molecular complexity index is 1000. The van der Waals surface area contributed by atoms with E-state index in [4.69, 9.17) is 0 Å². The van der Waals surface area contributed by atoms with E-state index in [0.29, 0.717) is 11.7 Å². The van der Waals surface area contributed by atoms with Gasteiger partial charge in [0.15, 0.2) is 0 Å². The molecule has 0 saturated carbocycles. The van der Waals surface area contributed by atoms with Crippen molar-refractivity contribution in [2.24, 2.45) is 0 Å². The van der Waals surface area contributed by atoms with Gasteiger partial charge in [0, 0.05) is 38.4 Å². The summed E-state index contributed by atoms with van der Waals surface area (Å²) in [5.74, 6) is -0.232. The lowest BCUT2D eigenvalue weighted by molar-refractivity contribution is 0.0214. The van der Waals surface area contributed by atoms with E-state index in [0.717, 1.165) is 43.7 Å². The monoisotopic (exact) mass is 375 g/mol. The van der Waals surface area contributed by atoms with Crippen LogP contribution in [-0.2, 0) is 13.0 Å². The fourth-order valence-electron chi connectivity index (χ4n) is 4.18. The molecule has 1 fully saturated rings. The van der Waals surface area contributed by atoms with E-state index in [9.17, 15) is 9.18 Å². The van der Waals surface area contributed by atoms with Crippen LogP contribution in [0.1, 0.15) is 21.6 Å². The van der Waals surface area contributed by atoms with Gasteiger partial charge >= 0.3 is 0 Å². The SMILES string of the molecule is O=C(c1cc(-c2ccc(F)cc2)c[nH]1)N1CC(N2CCc3ccccc3C2)C1. The average Bonchev–Trinajstić information content (AvgIpc) is 3.17. The smallest absolute Gasteiger partial charge is 0.270 e. The van der Waals surface area contributed by atoms with Crippen LogP contribution in [0.5, 0.6) is 0 Å². The maximum Gasteiger partial charge on any atom is 0.270 e. The first-order valence-corrected chi connectivity index (χ1v) is 9.72. The lowest BCUT2D eigenvalue weighted by Crippen LogP contribution is -2.61. The Kier molecular flexibility index (Phi) is 4.24. The van der Waals surface area contributed by atoms with Crippen molar-refractivity contribution in [2.75, 3.05) is 19.6 Å². The minimum absolute atomic E-state index is 0.0296. The summed E-state index contributed by atoms with van der Waals surface area (Å²) in [5, 5.41) is 0. The van der Waals surface area contributed by atoms with Gasteiger partial charge < -0.3 is 9.88 Å². The lowest BCUT2D eigenvalue weighted by Gasteiger charge is -2.46. The number of aromatic nitrogens is 1. The molecule has 3 heterocycles. The van der Waals surface area contributed by atoms with Crippen LogP contribution < -0.4 is 0 Å². The summed E-state index contributed by atoms with van der Waals surface area (Å²) >= 11 is 0. The molecule has 1 aromatic heterocycles. The summed E-state index contributed by atoms with van der Waals surface area (Å²) in [5.41, 5.74) is 5.23. The topological polar surface area (TPSA) is 39.3 Å². The Labute approximate surface area is 163 Å². The second kappa shape index (κ2) is 6.91. The van der Waals surface area contributed by atoms with Crippen molar-refractivity contribution in [3.8, 4) is 11.1 Å². The number of aromatic amines is 1. The van der Waals surface area contributed by atoms with Crippen molar-refractivity contribution in [3.63, 3.8) is 0 Å². The molecule has 2 aliphatic heterocycles. The number of carbonyl (C=O) groups excluding carboxylic acids is 1. The van der Waals surface area contributed by atoms with E-state index in [1.165, 1.54) is 23.3 Å². The summed E-state index contributed by atoms with van der Waals surface area (Å²) in [6, 6.07) is 17.2. The van der Waals surface area contributed by atoms with Crippen molar-refractivity contribution in [3.05, 3.63) is 83.4 Å². The lowest BCUT2D eigenvalue weighted by atomic mass is 9.96. The van der Waals surface area contributed by atoms with Gasteiger partial charge in [0.25, 0.3) is 5.91 Å². The van der Waals surface area contributed by atoms with Gasteiger partial charge in [-0.15, -0.1) is 0 Å². The molecule has 1 amide bonds. The molecule has 2 aliphatic rings. The fraction of sp³-hybridized carbons (Fsp3) is 0.261. The number of nitrogens with one attached hydrogen (secondary N) is 1. The van der Waals surface area contributed by atoms with E-state index in [1.807, 2.05) is 11.0 Å². The molecule has 0 atom stereocenters. The zero-order valence-corrected chi connectivity index (χ0v) is 15.6. The Morgan fingerprint density at radius 2 is 1.75 bits per heavy atom. The first kappa shape index (κ1) is 17.2. The van der Waals surface area contributed by atoms with Gasteiger partial charge in [0.1, 0.15) is 11.5 Å². The Balaban J connectivity index is 1.21. The van der Waals surface area contributed by atoms with E-state index >= 15 is 0 Å². The highest BCUT2D eigenvalue weighted by Gasteiger charge is 2.36. The highest BCUT2D eigenvalue weighted by atomic mass is 19.1. The first-order chi connectivity index (χ1) is 13.7. The molecule has 1 N–H and O–H groups in total. The maximum absolute atomic E-state index is 13.1. The summed E-state index contributed by atoms with van der Waals surface area (Å²) < 4.78 is 13.1. The fourth-order valence-corrected chi connectivity index (χ4v) is 4.18. The largest absolute Gasteiger partial charge is 0.357 e. The molecule has 5 rings (SSSR count). The van der Waals surface area contributed by atoms with Crippen molar-refractivity contribution >= 4 is 5.91 Å². The molecule has 2 aromatic carbocycles. The van der Waals surface area contributed by atoms with Crippen molar-refractivity contribution in [1.82, 2.24) is 14.8 Å².